The largest absolute Gasteiger partial charge is 0.396 e. The second kappa shape index (κ2) is 6.16. The Balaban J connectivity index is 2.13. The topological polar surface area (TPSA) is 48.4 Å². The van der Waals surface area contributed by atoms with Crippen LogP contribution in [-0.2, 0) is 0 Å². The first-order chi connectivity index (χ1) is 8.76. The van der Waals surface area contributed by atoms with Gasteiger partial charge in [-0.1, -0.05) is 6.07 Å². The summed E-state index contributed by atoms with van der Waals surface area (Å²) in [6, 6.07) is 4.44. The summed E-state index contributed by atoms with van der Waals surface area (Å²) in [5.74, 6) is 1.56. The number of nitrogens with one attached hydrogen (secondary N) is 1. The third kappa shape index (κ3) is 2.82. The zero-order chi connectivity index (χ0) is 13.0. The van der Waals surface area contributed by atoms with Gasteiger partial charge in [0.2, 0.25) is 0 Å². The van der Waals surface area contributed by atoms with Crippen molar-refractivity contribution in [3.8, 4) is 0 Å². The maximum Gasteiger partial charge on any atom is 0.133 e. The lowest BCUT2D eigenvalue weighted by Crippen LogP contribution is -2.36. The van der Waals surface area contributed by atoms with E-state index in [1.807, 2.05) is 19.3 Å². The molecule has 4 nitrogen and oxygen atoms in total. The summed E-state index contributed by atoms with van der Waals surface area (Å²) in [5, 5.41) is 12.5. The molecule has 0 aromatic carbocycles. The van der Waals surface area contributed by atoms with Crippen LogP contribution in [0.5, 0.6) is 0 Å². The predicted molar refractivity (Wildman–Crippen MR) is 73.7 cm³/mol. The van der Waals surface area contributed by atoms with Crippen LogP contribution < -0.4 is 10.2 Å². The van der Waals surface area contributed by atoms with Crippen LogP contribution in [0, 0.1) is 5.92 Å². The van der Waals surface area contributed by atoms with E-state index in [4.69, 9.17) is 0 Å². The average molecular weight is 249 g/mol. The third-order valence-corrected chi connectivity index (χ3v) is 3.89. The van der Waals surface area contributed by atoms with Gasteiger partial charge >= 0.3 is 0 Å². The highest BCUT2D eigenvalue weighted by Gasteiger charge is 2.22. The molecule has 1 unspecified atom stereocenters. The first-order valence-electron chi connectivity index (χ1n) is 6.74. The summed E-state index contributed by atoms with van der Waals surface area (Å²) in [4.78, 5) is 6.89. The van der Waals surface area contributed by atoms with Gasteiger partial charge in [-0.2, -0.15) is 0 Å². The van der Waals surface area contributed by atoms with Crippen molar-refractivity contribution in [3.05, 3.63) is 23.9 Å². The minimum absolute atomic E-state index is 0.310. The van der Waals surface area contributed by atoms with E-state index in [2.05, 4.69) is 28.2 Å². The Morgan fingerprint density at radius 1 is 1.50 bits per heavy atom. The molecule has 1 aliphatic heterocycles. The van der Waals surface area contributed by atoms with Gasteiger partial charge in [0.1, 0.15) is 5.82 Å². The zero-order valence-electron chi connectivity index (χ0n) is 11.3. The van der Waals surface area contributed by atoms with Gasteiger partial charge in [0, 0.05) is 37.5 Å². The van der Waals surface area contributed by atoms with E-state index in [9.17, 15) is 5.11 Å². The monoisotopic (exact) mass is 249 g/mol. The number of nitrogens with zero attached hydrogens (tertiary/aromatic N) is 2. The molecule has 1 aliphatic rings. The molecule has 0 aliphatic carbocycles. The lowest BCUT2D eigenvalue weighted by molar-refractivity contribution is 0.202. The van der Waals surface area contributed by atoms with Crippen molar-refractivity contribution in [1.29, 1.82) is 0 Å². The number of hydrogen-bond donors (Lipinski definition) is 2. The SMILES string of the molecule is CNC(C)c1cccnc1N1CCC(CO)CC1. The molecule has 1 fully saturated rings. The van der Waals surface area contributed by atoms with Crippen LogP contribution in [0.1, 0.15) is 31.4 Å². The van der Waals surface area contributed by atoms with E-state index in [-0.39, 0.29) is 0 Å². The highest BCUT2D eigenvalue weighted by Crippen LogP contribution is 2.27. The molecule has 1 aromatic rings. The Hall–Kier alpha value is -1.13. The number of aliphatic hydroxyl groups is 1. The molecule has 2 rings (SSSR count). The Kier molecular flexibility index (Phi) is 4.55. The number of rotatable bonds is 4. The smallest absolute Gasteiger partial charge is 0.133 e. The van der Waals surface area contributed by atoms with Crippen molar-refractivity contribution >= 4 is 5.82 Å². The Morgan fingerprint density at radius 2 is 2.22 bits per heavy atom. The van der Waals surface area contributed by atoms with Gasteiger partial charge in [-0.3, -0.25) is 0 Å². The van der Waals surface area contributed by atoms with Gasteiger partial charge in [0.15, 0.2) is 0 Å². The molecule has 18 heavy (non-hydrogen) atoms. The summed E-state index contributed by atoms with van der Waals surface area (Å²) in [6.45, 7) is 4.45. The standard InChI is InChI=1S/C14H23N3O/c1-11(15-2)13-4-3-7-16-14(13)17-8-5-12(10-18)6-9-17/h3-4,7,11-12,15,18H,5-6,8-10H2,1-2H3. The minimum atomic E-state index is 0.310. The average Bonchev–Trinajstić information content (AvgIpc) is 2.46. The number of pyridine rings is 1. The van der Waals surface area contributed by atoms with Crippen molar-refractivity contribution in [1.82, 2.24) is 10.3 Å². The van der Waals surface area contributed by atoms with Crippen LogP contribution in [0.3, 0.4) is 0 Å². The van der Waals surface area contributed by atoms with Gasteiger partial charge in [-0.05, 0) is 38.8 Å². The van der Waals surface area contributed by atoms with E-state index in [1.54, 1.807) is 0 Å². The number of anilines is 1. The normalized spacial score (nSPS) is 18.9. The van der Waals surface area contributed by atoms with Crippen LogP contribution in [-0.4, -0.2) is 36.8 Å². The molecule has 1 saturated heterocycles. The zero-order valence-corrected chi connectivity index (χ0v) is 11.3. The van der Waals surface area contributed by atoms with E-state index in [0.717, 1.165) is 31.7 Å². The van der Waals surface area contributed by atoms with Crippen molar-refractivity contribution in [2.75, 3.05) is 31.6 Å². The predicted octanol–water partition coefficient (Wildman–Crippen LogP) is 1.57. The molecule has 100 valence electrons. The Labute approximate surface area is 109 Å². The minimum Gasteiger partial charge on any atom is -0.396 e. The molecule has 0 saturated carbocycles. The molecule has 2 heterocycles. The molecule has 0 radical (unpaired) electrons. The van der Waals surface area contributed by atoms with Gasteiger partial charge < -0.3 is 15.3 Å². The van der Waals surface area contributed by atoms with Crippen LogP contribution in [0.4, 0.5) is 5.82 Å². The second-order valence-electron chi connectivity index (χ2n) is 5.04. The second-order valence-corrected chi connectivity index (χ2v) is 5.04. The quantitative estimate of drug-likeness (QED) is 0.850. The van der Waals surface area contributed by atoms with Crippen LogP contribution in [0.25, 0.3) is 0 Å². The Morgan fingerprint density at radius 3 is 2.83 bits per heavy atom. The summed E-state index contributed by atoms with van der Waals surface area (Å²) in [5.41, 5.74) is 1.25. The highest BCUT2D eigenvalue weighted by molar-refractivity contribution is 5.48. The summed E-state index contributed by atoms with van der Waals surface area (Å²) in [6.07, 6.45) is 3.97. The van der Waals surface area contributed by atoms with Crippen LogP contribution in [0.15, 0.2) is 18.3 Å². The summed E-state index contributed by atoms with van der Waals surface area (Å²) < 4.78 is 0. The maximum atomic E-state index is 9.18. The Bertz CT molecular complexity index is 375. The molecular formula is C14H23N3O. The van der Waals surface area contributed by atoms with Crippen molar-refractivity contribution in [3.63, 3.8) is 0 Å². The lowest BCUT2D eigenvalue weighted by Gasteiger charge is -2.33. The molecule has 4 heteroatoms. The van der Waals surface area contributed by atoms with E-state index in [0.29, 0.717) is 18.6 Å². The fraction of sp³-hybridized carbons (Fsp3) is 0.643. The first-order valence-corrected chi connectivity index (χ1v) is 6.74. The van der Waals surface area contributed by atoms with Gasteiger partial charge in [-0.15, -0.1) is 0 Å². The van der Waals surface area contributed by atoms with E-state index in [1.165, 1.54) is 5.56 Å². The first kappa shape index (κ1) is 13.3. The molecule has 0 amide bonds. The molecule has 0 bridgehead atoms. The third-order valence-electron chi connectivity index (χ3n) is 3.89. The molecule has 2 N–H and O–H groups in total. The maximum absolute atomic E-state index is 9.18. The van der Waals surface area contributed by atoms with E-state index >= 15 is 0 Å². The fourth-order valence-electron chi connectivity index (χ4n) is 2.49. The molecule has 1 aromatic heterocycles. The number of aromatic nitrogens is 1. The van der Waals surface area contributed by atoms with Gasteiger partial charge in [0.25, 0.3) is 0 Å². The number of aliphatic hydroxyl groups excluding tert-OH is 1. The van der Waals surface area contributed by atoms with Crippen molar-refractivity contribution in [2.24, 2.45) is 5.92 Å². The van der Waals surface area contributed by atoms with Crippen molar-refractivity contribution in [2.45, 2.75) is 25.8 Å². The fourth-order valence-corrected chi connectivity index (χ4v) is 2.49. The highest BCUT2D eigenvalue weighted by atomic mass is 16.3. The number of hydrogen-bond acceptors (Lipinski definition) is 4. The van der Waals surface area contributed by atoms with Gasteiger partial charge in [0.05, 0.1) is 0 Å². The molecule has 1 atom stereocenters. The summed E-state index contributed by atoms with van der Waals surface area (Å²) in [7, 11) is 1.97. The number of piperidine rings is 1. The lowest BCUT2D eigenvalue weighted by atomic mass is 9.97. The van der Waals surface area contributed by atoms with Gasteiger partial charge in [-0.25, -0.2) is 4.98 Å². The molecule has 0 spiro atoms. The van der Waals surface area contributed by atoms with Crippen LogP contribution in [0.2, 0.25) is 0 Å². The summed E-state index contributed by atoms with van der Waals surface area (Å²) >= 11 is 0. The van der Waals surface area contributed by atoms with E-state index < -0.39 is 0 Å². The van der Waals surface area contributed by atoms with Crippen LogP contribution >= 0.6 is 0 Å². The van der Waals surface area contributed by atoms with Crippen molar-refractivity contribution < 1.29 is 5.11 Å². The molecular weight excluding hydrogens is 226 g/mol.